The molecule has 2 atom stereocenters. The molecule has 1 N–H and O–H groups in total. The molecule has 0 aromatic carbocycles. The van der Waals surface area contributed by atoms with E-state index < -0.39 is 0 Å². The summed E-state index contributed by atoms with van der Waals surface area (Å²) in [5.74, 6) is -0.0985. The third-order valence-corrected chi connectivity index (χ3v) is 2.22. The van der Waals surface area contributed by atoms with Crippen LogP contribution in [0.3, 0.4) is 0 Å². The van der Waals surface area contributed by atoms with E-state index in [9.17, 15) is 4.79 Å². The number of ether oxygens (including phenoxy) is 1. The van der Waals surface area contributed by atoms with Gasteiger partial charge in [0.15, 0.2) is 0 Å². The minimum atomic E-state index is -0.364. The van der Waals surface area contributed by atoms with Crippen LogP contribution < -0.4 is 5.32 Å². The van der Waals surface area contributed by atoms with Crippen molar-refractivity contribution in [3.63, 3.8) is 0 Å². The van der Waals surface area contributed by atoms with Gasteiger partial charge in [0.1, 0.15) is 11.6 Å². The molecule has 0 amide bonds. The van der Waals surface area contributed by atoms with Gasteiger partial charge in [0.2, 0.25) is 0 Å². The molecule has 0 aliphatic carbocycles. The van der Waals surface area contributed by atoms with E-state index in [1.807, 2.05) is 20.8 Å². The van der Waals surface area contributed by atoms with E-state index in [0.29, 0.717) is 6.04 Å². The van der Waals surface area contributed by atoms with Gasteiger partial charge in [-0.05, 0) is 27.2 Å². The Morgan fingerprint density at radius 2 is 2.07 bits per heavy atom. The Kier molecular flexibility index (Phi) is 3.53. The summed E-state index contributed by atoms with van der Waals surface area (Å²) >= 11 is 0. The lowest BCUT2D eigenvalue weighted by Gasteiger charge is -2.19. The van der Waals surface area contributed by atoms with Crippen LogP contribution in [0.1, 0.15) is 47.0 Å². The van der Waals surface area contributed by atoms with Crippen LogP contribution in [0.15, 0.2) is 0 Å². The molecule has 1 aliphatic heterocycles. The van der Waals surface area contributed by atoms with Gasteiger partial charge in [-0.1, -0.05) is 19.8 Å². The van der Waals surface area contributed by atoms with E-state index in [1.165, 1.54) is 12.8 Å². The molecule has 0 unspecified atom stereocenters. The molecule has 0 aromatic heterocycles. The predicted molar refractivity (Wildman–Crippen MR) is 56.1 cm³/mol. The Labute approximate surface area is 86.2 Å². The van der Waals surface area contributed by atoms with Crippen molar-refractivity contribution in [2.24, 2.45) is 0 Å². The highest BCUT2D eigenvalue weighted by Gasteiger charge is 2.43. The Morgan fingerprint density at radius 1 is 1.43 bits per heavy atom. The molecule has 0 radical (unpaired) electrons. The zero-order valence-corrected chi connectivity index (χ0v) is 9.59. The van der Waals surface area contributed by atoms with Crippen LogP contribution >= 0.6 is 0 Å². The summed E-state index contributed by atoms with van der Waals surface area (Å²) in [6.45, 7) is 7.85. The van der Waals surface area contributed by atoms with Gasteiger partial charge in [-0.3, -0.25) is 10.1 Å². The van der Waals surface area contributed by atoms with E-state index in [-0.39, 0.29) is 17.6 Å². The highest BCUT2D eigenvalue weighted by atomic mass is 16.6. The molecule has 0 bridgehead atoms. The molecule has 0 aromatic rings. The van der Waals surface area contributed by atoms with Gasteiger partial charge < -0.3 is 4.74 Å². The average Bonchev–Trinajstić information content (AvgIpc) is 2.76. The Hall–Kier alpha value is -0.570. The Bertz CT molecular complexity index is 208. The van der Waals surface area contributed by atoms with Crippen LogP contribution in [0.2, 0.25) is 0 Å². The number of unbranched alkanes of at least 4 members (excludes halogenated alkanes) is 1. The molecule has 14 heavy (non-hydrogen) atoms. The topological polar surface area (TPSA) is 48.2 Å². The summed E-state index contributed by atoms with van der Waals surface area (Å²) in [7, 11) is 0. The molecule has 0 saturated carbocycles. The minimum Gasteiger partial charge on any atom is -0.459 e. The van der Waals surface area contributed by atoms with Crippen molar-refractivity contribution in [1.82, 2.24) is 5.32 Å². The number of hydrogen-bond donors (Lipinski definition) is 1. The molecule has 1 aliphatic rings. The number of hydrogen-bond acceptors (Lipinski definition) is 3. The fourth-order valence-corrected chi connectivity index (χ4v) is 1.45. The first-order chi connectivity index (χ1) is 6.44. The minimum absolute atomic E-state index is 0.0409. The van der Waals surface area contributed by atoms with E-state index in [0.717, 1.165) is 6.42 Å². The van der Waals surface area contributed by atoms with Gasteiger partial charge in [-0.2, -0.15) is 0 Å². The van der Waals surface area contributed by atoms with E-state index >= 15 is 0 Å². The molecule has 1 fully saturated rings. The van der Waals surface area contributed by atoms with Crippen LogP contribution in [0.25, 0.3) is 0 Å². The maximum atomic E-state index is 11.5. The van der Waals surface area contributed by atoms with Crippen molar-refractivity contribution < 1.29 is 9.53 Å². The van der Waals surface area contributed by atoms with Crippen LogP contribution in [0, 0.1) is 0 Å². The molecule has 1 heterocycles. The summed E-state index contributed by atoms with van der Waals surface area (Å²) in [5.41, 5.74) is -0.364. The van der Waals surface area contributed by atoms with Crippen molar-refractivity contribution in [1.29, 1.82) is 0 Å². The predicted octanol–water partition coefficient (Wildman–Crippen LogP) is 1.86. The third-order valence-electron chi connectivity index (χ3n) is 2.22. The number of esters is 1. The van der Waals surface area contributed by atoms with Crippen molar-refractivity contribution in [3.05, 3.63) is 0 Å². The van der Waals surface area contributed by atoms with E-state index in [1.54, 1.807) is 0 Å². The van der Waals surface area contributed by atoms with Crippen LogP contribution in [-0.4, -0.2) is 23.7 Å². The monoisotopic (exact) mass is 199 g/mol. The van der Waals surface area contributed by atoms with Crippen LogP contribution in [0.5, 0.6) is 0 Å². The molecular weight excluding hydrogens is 178 g/mol. The van der Waals surface area contributed by atoms with E-state index in [2.05, 4.69) is 12.2 Å². The first kappa shape index (κ1) is 11.5. The van der Waals surface area contributed by atoms with Crippen molar-refractivity contribution in [3.8, 4) is 0 Å². The smallest absolute Gasteiger partial charge is 0.325 e. The molecular formula is C11H21NO2. The molecule has 3 nitrogen and oxygen atoms in total. The second kappa shape index (κ2) is 4.30. The molecule has 82 valence electrons. The lowest BCUT2D eigenvalue weighted by Crippen LogP contribution is -2.28. The highest BCUT2D eigenvalue weighted by molar-refractivity contribution is 5.80. The summed E-state index contributed by atoms with van der Waals surface area (Å²) in [6, 6.07) is 0.325. The fourth-order valence-electron chi connectivity index (χ4n) is 1.45. The second-order valence-electron chi connectivity index (χ2n) is 4.93. The second-order valence-corrected chi connectivity index (χ2v) is 4.93. The summed E-state index contributed by atoms with van der Waals surface area (Å²) < 4.78 is 5.27. The first-order valence-electron chi connectivity index (χ1n) is 5.43. The highest BCUT2D eigenvalue weighted by Crippen LogP contribution is 2.21. The fraction of sp³-hybridized carbons (Fsp3) is 0.909. The zero-order chi connectivity index (χ0) is 10.8. The quantitative estimate of drug-likeness (QED) is 0.555. The number of carbonyl (C=O) groups is 1. The molecule has 1 rings (SSSR count). The largest absolute Gasteiger partial charge is 0.459 e. The van der Waals surface area contributed by atoms with Gasteiger partial charge in [-0.15, -0.1) is 0 Å². The normalized spacial score (nSPS) is 26.0. The van der Waals surface area contributed by atoms with Crippen molar-refractivity contribution >= 4 is 5.97 Å². The van der Waals surface area contributed by atoms with Gasteiger partial charge >= 0.3 is 5.97 Å². The SMILES string of the molecule is CCCC[C@@H]1N[C@H]1C(=O)OC(C)(C)C. The standard InChI is InChI=1S/C11H21NO2/c1-5-6-7-8-9(12-8)10(13)14-11(2,3)4/h8-9,12H,5-7H2,1-4H3/t8-,9+/m0/s1. The first-order valence-corrected chi connectivity index (χ1v) is 5.43. The Balaban J connectivity index is 2.22. The van der Waals surface area contributed by atoms with Gasteiger partial charge in [0.25, 0.3) is 0 Å². The van der Waals surface area contributed by atoms with Crippen molar-refractivity contribution in [2.75, 3.05) is 0 Å². The lowest BCUT2D eigenvalue weighted by molar-refractivity contribution is -0.154. The van der Waals surface area contributed by atoms with Crippen LogP contribution in [0.4, 0.5) is 0 Å². The molecule has 0 spiro atoms. The Morgan fingerprint density at radius 3 is 2.57 bits per heavy atom. The van der Waals surface area contributed by atoms with E-state index in [4.69, 9.17) is 4.74 Å². The average molecular weight is 199 g/mol. The maximum Gasteiger partial charge on any atom is 0.325 e. The number of rotatable bonds is 4. The lowest BCUT2D eigenvalue weighted by atomic mass is 10.1. The van der Waals surface area contributed by atoms with Gasteiger partial charge in [0.05, 0.1) is 0 Å². The summed E-state index contributed by atoms with van der Waals surface area (Å²) in [6.07, 6.45) is 3.44. The number of nitrogens with one attached hydrogen (secondary N) is 1. The number of carbonyl (C=O) groups excluding carboxylic acids is 1. The summed E-state index contributed by atoms with van der Waals surface area (Å²) in [5, 5.41) is 3.15. The molecule has 3 heteroatoms. The van der Waals surface area contributed by atoms with Gasteiger partial charge in [-0.25, -0.2) is 0 Å². The van der Waals surface area contributed by atoms with Crippen LogP contribution in [-0.2, 0) is 9.53 Å². The van der Waals surface area contributed by atoms with Crippen molar-refractivity contribution in [2.45, 2.75) is 64.6 Å². The zero-order valence-electron chi connectivity index (χ0n) is 9.59. The third kappa shape index (κ3) is 3.66. The summed E-state index contributed by atoms with van der Waals surface area (Å²) in [4.78, 5) is 11.5. The molecule has 1 saturated heterocycles. The van der Waals surface area contributed by atoms with Gasteiger partial charge in [0, 0.05) is 6.04 Å². The maximum absolute atomic E-state index is 11.5.